The lowest BCUT2D eigenvalue weighted by atomic mass is 10.2. The maximum Gasteiger partial charge on any atom is 0.151 e. The van der Waals surface area contributed by atoms with E-state index in [0.717, 1.165) is 11.3 Å². The number of sulfone groups is 1. The minimum atomic E-state index is -2.87. The molecule has 4 nitrogen and oxygen atoms in total. The summed E-state index contributed by atoms with van der Waals surface area (Å²) in [6, 6.07) is 9.77. The summed E-state index contributed by atoms with van der Waals surface area (Å²) in [6.07, 6.45) is 0.647. The van der Waals surface area contributed by atoms with Gasteiger partial charge in [-0.3, -0.25) is 0 Å². The Balaban J connectivity index is 1.62. The Labute approximate surface area is 122 Å². The van der Waals surface area contributed by atoms with E-state index in [1.807, 2.05) is 12.1 Å². The first-order valence-corrected chi connectivity index (χ1v) is 8.62. The van der Waals surface area contributed by atoms with Gasteiger partial charge in [-0.2, -0.15) is 0 Å². The van der Waals surface area contributed by atoms with Crippen LogP contribution in [0.3, 0.4) is 0 Å². The molecule has 3 rings (SSSR count). The maximum atomic E-state index is 12.9. The molecule has 0 aliphatic carbocycles. The van der Waals surface area contributed by atoms with Gasteiger partial charge in [-0.15, -0.1) is 0 Å². The van der Waals surface area contributed by atoms with Gasteiger partial charge in [0.15, 0.2) is 9.84 Å². The maximum absolute atomic E-state index is 12.9. The third-order valence-corrected chi connectivity index (χ3v) is 5.36. The van der Waals surface area contributed by atoms with Crippen LogP contribution in [0.1, 0.15) is 12.2 Å². The van der Waals surface area contributed by atoms with Crippen LogP contribution in [0.5, 0.6) is 0 Å². The summed E-state index contributed by atoms with van der Waals surface area (Å²) in [6.45, 7) is 0.487. The predicted molar refractivity (Wildman–Crippen MR) is 78.0 cm³/mol. The van der Waals surface area contributed by atoms with Gasteiger partial charge < -0.3 is 9.73 Å². The minimum Gasteiger partial charge on any atom is -0.460 e. The van der Waals surface area contributed by atoms with Crippen molar-refractivity contribution in [2.24, 2.45) is 0 Å². The molecule has 0 saturated carbocycles. The van der Waals surface area contributed by atoms with Crippen LogP contribution < -0.4 is 5.32 Å². The van der Waals surface area contributed by atoms with Gasteiger partial charge in [0.2, 0.25) is 0 Å². The molecule has 1 N–H and O–H groups in total. The topological polar surface area (TPSA) is 59.3 Å². The molecule has 1 aliphatic rings. The monoisotopic (exact) mass is 309 g/mol. The quantitative estimate of drug-likeness (QED) is 0.942. The van der Waals surface area contributed by atoms with Gasteiger partial charge in [-0.1, -0.05) is 0 Å². The fraction of sp³-hybridized carbons (Fsp3) is 0.333. The van der Waals surface area contributed by atoms with E-state index < -0.39 is 9.84 Å². The lowest BCUT2D eigenvalue weighted by molar-refractivity contribution is 0.464. The fourth-order valence-corrected chi connectivity index (χ4v) is 4.15. The summed E-state index contributed by atoms with van der Waals surface area (Å²) in [7, 11) is -2.87. The Morgan fingerprint density at radius 2 is 1.95 bits per heavy atom. The third-order valence-electron chi connectivity index (χ3n) is 3.59. The lowest BCUT2D eigenvalue weighted by Gasteiger charge is -2.08. The lowest BCUT2D eigenvalue weighted by Crippen LogP contribution is -2.29. The van der Waals surface area contributed by atoms with E-state index in [9.17, 15) is 12.8 Å². The molecule has 2 heterocycles. The highest BCUT2D eigenvalue weighted by atomic mass is 32.2. The second-order valence-electron chi connectivity index (χ2n) is 5.25. The van der Waals surface area contributed by atoms with E-state index >= 15 is 0 Å². The van der Waals surface area contributed by atoms with Crippen molar-refractivity contribution in [2.45, 2.75) is 19.0 Å². The number of halogens is 1. The standard InChI is InChI=1S/C15H16FNO3S/c16-12-3-1-11(2-4-12)15-6-5-14(20-15)9-17-13-7-8-21(18,19)10-13/h1-6,13,17H,7-10H2/t13-/m1/s1. The second-order valence-corrected chi connectivity index (χ2v) is 7.48. The fourth-order valence-electron chi connectivity index (χ4n) is 2.44. The van der Waals surface area contributed by atoms with Crippen LogP contribution in [0.2, 0.25) is 0 Å². The van der Waals surface area contributed by atoms with Crippen molar-refractivity contribution in [1.29, 1.82) is 0 Å². The molecule has 0 spiro atoms. The van der Waals surface area contributed by atoms with E-state index in [-0.39, 0.29) is 23.4 Å². The molecule has 0 bridgehead atoms. The van der Waals surface area contributed by atoms with Crippen LogP contribution in [-0.4, -0.2) is 26.0 Å². The summed E-state index contributed by atoms with van der Waals surface area (Å²) in [5.41, 5.74) is 0.811. The zero-order valence-corrected chi connectivity index (χ0v) is 12.2. The molecule has 1 saturated heterocycles. The minimum absolute atomic E-state index is 0.00521. The van der Waals surface area contributed by atoms with E-state index in [0.29, 0.717) is 18.7 Å². The van der Waals surface area contributed by atoms with Gasteiger partial charge >= 0.3 is 0 Å². The van der Waals surface area contributed by atoms with Gasteiger partial charge in [-0.25, -0.2) is 12.8 Å². The summed E-state index contributed by atoms with van der Waals surface area (Å²) < 4.78 is 41.3. The molecule has 1 aromatic carbocycles. The van der Waals surface area contributed by atoms with Gasteiger partial charge in [0.1, 0.15) is 17.3 Å². The SMILES string of the molecule is O=S1(=O)CC[C@@H](NCc2ccc(-c3ccc(F)cc3)o2)C1. The van der Waals surface area contributed by atoms with Gasteiger partial charge in [0, 0.05) is 11.6 Å². The molecular formula is C15H16FNO3S. The predicted octanol–water partition coefficient (Wildman–Crippen LogP) is 2.36. The smallest absolute Gasteiger partial charge is 0.151 e. The first-order chi connectivity index (χ1) is 10.0. The van der Waals surface area contributed by atoms with Crippen molar-refractivity contribution in [3.05, 3.63) is 48.0 Å². The van der Waals surface area contributed by atoms with Crippen molar-refractivity contribution in [3.8, 4) is 11.3 Å². The Morgan fingerprint density at radius 3 is 2.62 bits per heavy atom. The zero-order valence-electron chi connectivity index (χ0n) is 11.4. The molecule has 0 amide bonds. The summed E-state index contributed by atoms with van der Waals surface area (Å²) in [5, 5.41) is 3.19. The molecule has 112 valence electrons. The molecule has 1 fully saturated rings. The van der Waals surface area contributed by atoms with Crippen LogP contribution in [0.15, 0.2) is 40.8 Å². The molecule has 1 aliphatic heterocycles. The van der Waals surface area contributed by atoms with Crippen LogP contribution >= 0.6 is 0 Å². The number of hydrogen-bond acceptors (Lipinski definition) is 4. The third kappa shape index (κ3) is 3.51. The molecule has 2 aromatic rings. The number of furan rings is 1. The molecule has 1 aromatic heterocycles. The Bertz CT molecular complexity index is 722. The van der Waals surface area contributed by atoms with Crippen molar-refractivity contribution >= 4 is 9.84 Å². The zero-order chi connectivity index (χ0) is 14.9. The largest absolute Gasteiger partial charge is 0.460 e. The van der Waals surface area contributed by atoms with Gasteiger partial charge in [0.05, 0.1) is 18.1 Å². The number of hydrogen-bond donors (Lipinski definition) is 1. The van der Waals surface area contributed by atoms with Crippen molar-refractivity contribution in [1.82, 2.24) is 5.32 Å². The van der Waals surface area contributed by atoms with E-state index in [1.54, 1.807) is 12.1 Å². The average Bonchev–Trinajstić information content (AvgIpc) is 3.04. The molecule has 6 heteroatoms. The van der Waals surface area contributed by atoms with Crippen molar-refractivity contribution in [3.63, 3.8) is 0 Å². The number of benzene rings is 1. The molecule has 1 atom stereocenters. The summed E-state index contributed by atoms with van der Waals surface area (Å²) in [5.74, 6) is 1.57. The molecule has 0 unspecified atom stereocenters. The first kappa shape index (κ1) is 14.3. The van der Waals surface area contributed by atoms with Crippen molar-refractivity contribution < 1.29 is 17.2 Å². The van der Waals surface area contributed by atoms with Crippen LogP contribution in [0.4, 0.5) is 4.39 Å². The van der Waals surface area contributed by atoms with Crippen LogP contribution in [0.25, 0.3) is 11.3 Å². The van der Waals surface area contributed by atoms with Gasteiger partial charge in [-0.05, 0) is 42.8 Å². The van der Waals surface area contributed by atoms with Crippen molar-refractivity contribution in [2.75, 3.05) is 11.5 Å². The Morgan fingerprint density at radius 1 is 1.19 bits per heavy atom. The first-order valence-electron chi connectivity index (χ1n) is 6.80. The molecular weight excluding hydrogens is 293 g/mol. The number of rotatable bonds is 4. The Hall–Kier alpha value is -1.66. The summed E-state index contributed by atoms with van der Waals surface area (Å²) in [4.78, 5) is 0. The van der Waals surface area contributed by atoms with Crippen LogP contribution in [0, 0.1) is 5.82 Å². The second kappa shape index (κ2) is 5.61. The average molecular weight is 309 g/mol. The van der Waals surface area contributed by atoms with E-state index in [1.165, 1.54) is 12.1 Å². The highest BCUT2D eigenvalue weighted by Gasteiger charge is 2.27. The van der Waals surface area contributed by atoms with E-state index in [4.69, 9.17) is 4.42 Å². The molecule has 0 radical (unpaired) electrons. The van der Waals surface area contributed by atoms with Gasteiger partial charge in [0.25, 0.3) is 0 Å². The summed E-state index contributed by atoms with van der Waals surface area (Å²) >= 11 is 0. The molecule has 21 heavy (non-hydrogen) atoms. The normalized spacial score (nSPS) is 20.7. The Kier molecular flexibility index (Phi) is 3.82. The highest BCUT2D eigenvalue weighted by molar-refractivity contribution is 7.91. The highest BCUT2D eigenvalue weighted by Crippen LogP contribution is 2.22. The number of nitrogens with one attached hydrogen (secondary N) is 1. The van der Waals surface area contributed by atoms with Crippen LogP contribution in [-0.2, 0) is 16.4 Å². The van der Waals surface area contributed by atoms with E-state index in [2.05, 4.69) is 5.32 Å².